The second-order valence-corrected chi connectivity index (χ2v) is 7.47. The van der Waals surface area contributed by atoms with E-state index in [4.69, 9.17) is 9.15 Å². The van der Waals surface area contributed by atoms with Crippen LogP contribution in [0.1, 0.15) is 36.5 Å². The molecule has 156 valence electrons. The molecule has 6 nitrogen and oxygen atoms in total. The van der Waals surface area contributed by atoms with E-state index in [1.165, 1.54) is 0 Å². The summed E-state index contributed by atoms with van der Waals surface area (Å²) >= 11 is 3.49. The van der Waals surface area contributed by atoms with Crippen molar-refractivity contribution >= 4 is 45.9 Å². The van der Waals surface area contributed by atoms with E-state index in [9.17, 15) is 5.11 Å². The molecule has 0 fully saturated rings. The molecule has 0 radical (unpaired) electrons. The molecule has 0 aliphatic carbocycles. The average molecular weight is 566 g/mol. The number of ether oxygens (including phenoxy) is 1. The molecule has 0 saturated carbocycles. The highest BCUT2D eigenvalue weighted by Crippen LogP contribution is 2.27. The highest BCUT2D eigenvalue weighted by atomic mass is 127. The zero-order chi connectivity index (χ0) is 20.0. The van der Waals surface area contributed by atoms with Crippen LogP contribution in [0.25, 0.3) is 0 Å². The maximum atomic E-state index is 10.9. The van der Waals surface area contributed by atoms with E-state index in [2.05, 4.69) is 31.6 Å². The lowest BCUT2D eigenvalue weighted by Gasteiger charge is -2.24. The molecule has 2 rings (SSSR count). The van der Waals surface area contributed by atoms with Gasteiger partial charge in [-0.25, -0.2) is 4.99 Å². The molecule has 0 aliphatic rings. The Morgan fingerprint density at radius 1 is 1.29 bits per heavy atom. The minimum absolute atomic E-state index is 0. The summed E-state index contributed by atoms with van der Waals surface area (Å²) in [5, 5.41) is 17.3. The van der Waals surface area contributed by atoms with Crippen LogP contribution in [0.15, 0.2) is 38.1 Å². The van der Waals surface area contributed by atoms with Crippen molar-refractivity contribution in [3.05, 3.63) is 51.4 Å². The zero-order valence-electron chi connectivity index (χ0n) is 16.9. The van der Waals surface area contributed by atoms with E-state index in [1.54, 1.807) is 14.0 Å². The van der Waals surface area contributed by atoms with Crippen LogP contribution in [0, 0.1) is 13.8 Å². The third-order valence-electron chi connectivity index (χ3n) is 4.20. The summed E-state index contributed by atoms with van der Waals surface area (Å²) in [5.74, 6) is 2.94. The number of guanidine groups is 1. The van der Waals surface area contributed by atoms with E-state index >= 15 is 0 Å². The fraction of sp³-hybridized carbons (Fsp3) is 0.450. The molecule has 0 aliphatic heterocycles. The number of aliphatic imine (C=N–C) groups is 1. The van der Waals surface area contributed by atoms with Gasteiger partial charge >= 0.3 is 0 Å². The van der Waals surface area contributed by atoms with Gasteiger partial charge in [-0.3, -0.25) is 0 Å². The number of hydrogen-bond acceptors (Lipinski definition) is 4. The van der Waals surface area contributed by atoms with Crippen molar-refractivity contribution in [1.82, 2.24) is 10.6 Å². The van der Waals surface area contributed by atoms with Gasteiger partial charge in [0.05, 0.1) is 24.7 Å². The summed E-state index contributed by atoms with van der Waals surface area (Å²) < 4.78 is 11.7. The molecule has 8 heteroatoms. The van der Waals surface area contributed by atoms with Crippen molar-refractivity contribution in [2.45, 2.75) is 39.8 Å². The lowest BCUT2D eigenvalue weighted by atomic mass is 9.96. The summed E-state index contributed by atoms with van der Waals surface area (Å²) in [6.45, 7) is 9.04. The Labute approximate surface area is 192 Å². The van der Waals surface area contributed by atoms with Crippen LogP contribution in [-0.2, 0) is 12.1 Å². The predicted octanol–water partition coefficient (Wildman–Crippen LogP) is 4.25. The number of aliphatic hydroxyl groups is 1. The lowest BCUT2D eigenvalue weighted by molar-refractivity contribution is 0.0601. The summed E-state index contributed by atoms with van der Waals surface area (Å²) in [6.07, 6.45) is 0. The average Bonchev–Trinajstić information content (AvgIpc) is 2.97. The van der Waals surface area contributed by atoms with Crippen molar-refractivity contribution < 1.29 is 14.3 Å². The van der Waals surface area contributed by atoms with Gasteiger partial charge in [-0.1, -0.05) is 6.07 Å². The Bertz CT molecular complexity index is 806. The van der Waals surface area contributed by atoms with Crippen LogP contribution in [-0.4, -0.2) is 31.3 Å². The van der Waals surface area contributed by atoms with Crippen molar-refractivity contribution in [3.8, 4) is 5.75 Å². The highest BCUT2D eigenvalue weighted by Gasteiger charge is 2.27. The molecule has 1 unspecified atom stereocenters. The Kier molecular flexibility index (Phi) is 9.79. The van der Waals surface area contributed by atoms with Crippen LogP contribution in [0.2, 0.25) is 0 Å². The summed E-state index contributed by atoms with van der Waals surface area (Å²) in [7, 11) is 1.64. The van der Waals surface area contributed by atoms with E-state index < -0.39 is 5.60 Å². The number of aryl methyl sites for hydroxylation is 2. The Morgan fingerprint density at radius 2 is 2.00 bits per heavy atom. The highest BCUT2D eigenvalue weighted by molar-refractivity contribution is 14.0. The number of benzene rings is 1. The van der Waals surface area contributed by atoms with Crippen molar-refractivity contribution in [2.24, 2.45) is 4.99 Å². The van der Waals surface area contributed by atoms with Crippen molar-refractivity contribution in [2.75, 3.05) is 20.2 Å². The minimum atomic E-state index is -1.07. The first-order chi connectivity index (χ1) is 12.8. The number of halogens is 2. The van der Waals surface area contributed by atoms with Gasteiger partial charge in [0.25, 0.3) is 0 Å². The summed E-state index contributed by atoms with van der Waals surface area (Å²) in [4.78, 5) is 4.60. The molecular formula is C20H29BrIN3O3. The maximum absolute atomic E-state index is 10.9. The topological polar surface area (TPSA) is 79.0 Å². The van der Waals surface area contributed by atoms with Crippen LogP contribution in [0.3, 0.4) is 0 Å². The number of rotatable bonds is 7. The van der Waals surface area contributed by atoms with E-state index in [-0.39, 0.29) is 24.0 Å². The smallest absolute Gasteiger partial charge is 0.191 e. The van der Waals surface area contributed by atoms with Gasteiger partial charge < -0.3 is 24.9 Å². The second kappa shape index (κ2) is 11.1. The molecule has 1 aromatic carbocycles. The minimum Gasteiger partial charge on any atom is -0.496 e. The maximum Gasteiger partial charge on any atom is 0.191 e. The fourth-order valence-electron chi connectivity index (χ4n) is 2.84. The molecule has 0 bridgehead atoms. The molecule has 0 saturated heterocycles. The molecule has 0 amide bonds. The summed E-state index contributed by atoms with van der Waals surface area (Å²) in [6, 6.07) is 7.74. The quantitative estimate of drug-likeness (QED) is 0.266. The molecule has 1 heterocycles. The third-order valence-corrected chi connectivity index (χ3v) is 4.82. The van der Waals surface area contributed by atoms with Gasteiger partial charge in [-0.2, -0.15) is 0 Å². The molecule has 0 spiro atoms. The number of methoxy groups -OCH3 is 1. The monoisotopic (exact) mass is 565 g/mol. The van der Waals surface area contributed by atoms with Gasteiger partial charge in [0.15, 0.2) is 5.96 Å². The van der Waals surface area contributed by atoms with Crippen LogP contribution < -0.4 is 15.4 Å². The first-order valence-electron chi connectivity index (χ1n) is 8.91. The second-order valence-electron chi connectivity index (χ2n) is 6.62. The normalized spacial score (nSPS) is 13.5. The van der Waals surface area contributed by atoms with E-state index in [0.717, 1.165) is 39.4 Å². The Balaban J connectivity index is 0.00000392. The Morgan fingerprint density at radius 3 is 2.54 bits per heavy atom. The van der Waals surface area contributed by atoms with Gasteiger partial charge in [0.1, 0.15) is 22.9 Å². The van der Waals surface area contributed by atoms with Gasteiger partial charge in [0, 0.05) is 12.1 Å². The number of furan rings is 1. The molecular weight excluding hydrogens is 537 g/mol. The van der Waals surface area contributed by atoms with Gasteiger partial charge in [-0.05, 0) is 67.4 Å². The van der Waals surface area contributed by atoms with Crippen molar-refractivity contribution in [3.63, 3.8) is 0 Å². The first-order valence-corrected chi connectivity index (χ1v) is 9.70. The standard InChI is InChI=1S/C20H28BrN3O3.HI/c1-6-22-19(23-11-15-7-8-18(26-5)17(21)10-15)24-12-20(4,25)16-9-13(2)27-14(16)3;/h7-10,25H,6,11-12H2,1-5H3,(H2,22,23,24);1H. The van der Waals surface area contributed by atoms with Crippen LogP contribution in [0.4, 0.5) is 0 Å². The number of nitrogens with one attached hydrogen (secondary N) is 2. The largest absolute Gasteiger partial charge is 0.496 e. The zero-order valence-corrected chi connectivity index (χ0v) is 20.8. The van der Waals surface area contributed by atoms with Crippen LogP contribution >= 0.6 is 39.9 Å². The Hall–Kier alpha value is -1.26. The third kappa shape index (κ3) is 6.66. The van der Waals surface area contributed by atoms with Crippen LogP contribution in [0.5, 0.6) is 5.75 Å². The summed E-state index contributed by atoms with van der Waals surface area (Å²) in [5.41, 5.74) is 0.761. The number of nitrogens with zero attached hydrogens (tertiary/aromatic N) is 1. The predicted molar refractivity (Wildman–Crippen MR) is 127 cm³/mol. The van der Waals surface area contributed by atoms with Gasteiger partial charge in [-0.15, -0.1) is 24.0 Å². The molecule has 1 aromatic heterocycles. The number of hydrogen-bond donors (Lipinski definition) is 3. The van der Waals surface area contributed by atoms with E-state index in [0.29, 0.717) is 19.0 Å². The van der Waals surface area contributed by atoms with Crippen molar-refractivity contribution in [1.29, 1.82) is 0 Å². The SMILES string of the molecule is CCNC(=NCc1ccc(OC)c(Br)c1)NCC(C)(O)c1cc(C)oc1C.I. The molecule has 28 heavy (non-hydrogen) atoms. The fourth-order valence-corrected chi connectivity index (χ4v) is 3.42. The lowest BCUT2D eigenvalue weighted by Crippen LogP contribution is -2.44. The molecule has 3 N–H and O–H groups in total. The molecule has 1 atom stereocenters. The van der Waals surface area contributed by atoms with E-state index in [1.807, 2.05) is 45.0 Å². The molecule has 2 aromatic rings. The first kappa shape index (κ1) is 24.8. The van der Waals surface area contributed by atoms with Gasteiger partial charge in [0.2, 0.25) is 0 Å².